The third-order valence-corrected chi connectivity index (χ3v) is 5.91. The van der Waals surface area contributed by atoms with E-state index in [1.54, 1.807) is 42.5 Å². The summed E-state index contributed by atoms with van der Waals surface area (Å²) in [5, 5.41) is 15.8. The van der Waals surface area contributed by atoms with Gasteiger partial charge in [-0.2, -0.15) is 0 Å². The molecule has 4 atom stereocenters. The second-order valence-corrected chi connectivity index (χ2v) is 8.22. The molecule has 2 aliphatic rings. The van der Waals surface area contributed by atoms with Crippen LogP contribution in [-0.2, 0) is 9.47 Å². The van der Waals surface area contributed by atoms with Gasteiger partial charge in [0.2, 0.25) is 0 Å². The van der Waals surface area contributed by atoms with Gasteiger partial charge < -0.3 is 30.0 Å². The highest BCUT2D eigenvalue weighted by molar-refractivity contribution is 5.97. The minimum absolute atomic E-state index is 0.0913. The standard InChI is InChI=1S/C26H24N2O6/c29-22-12-5-4-11-19(22)26(31)28-21-15-33-23-20(14-32-24(21)23)27-25(30)16-7-6-10-18(13-16)34-17-8-2-1-3-9-17/h1-13,20-21,23-24,29H,14-15H2,(H,27,30)(H,28,31). The van der Waals surface area contributed by atoms with Crippen LogP contribution in [0.25, 0.3) is 0 Å². The lowest BCUT2D eigenvalue weighted by atomic mass is 10.0. The highest BCUT2D eigenvalue weighted by Gasteiger charge is 2.48. The van der Waals surface area contributed by atoms with Crippen molar-refractivity contribution in [1.29, 1.82) is 0 Å². The molecule has 3 aromatic rings. The maximum absolute atomic E-state index is 12.9. The molecule has 0 bridgehead atoms. The molecule has 4 unspecified atom stereocenters. The normalized spacial score (nSPS) is 23.2. The van der Waals surface area contributed by atoms with Gasteiger partial charge in [-0.15, -0.1) is 0 Å². The number of amides is 2. The van der Waals surface area contributed by atoms with Gasteiger partial charge in [0.25, 0.3) is 11.8 Å². The maximum Gasteiger partial charge on any atom is 0.255 e. The van der Waals surface area contributed by atoms with Gasteiger partial charge in [-0.3, -0.25) is 9.59 Å². The van der Waals surface area contributed by atoms with E-state index in [1.807, 2.05) is 30.3 Å². The average Bonchev–Trinajstić information content (AvgIpc) is 3.43. The molecule has 3 N–H and O–H groups in total. The van der Waals surface area contributed by atoms with E-state index in [2.05, 4.69) is 10.6 Å². The van der Waals surface area contributed by atoms with Gasteiger partial charge in [-0.25, -0.2) is 0 Å². The molecule has 0 saturated carbocycles. The molecule has 2 fully saturated rings. The topological polar surface area (TPSA) is 106 Å². The smallest absolute Gasteiger partial charge is 0.255 e. The van der Waals surface area contributed by atoms with E-state index >= 15 is 0 Å². The quantitative estimate of drug-likeness (QED) is 0.522. The van der Waals surface area contributed by atoms with Crippen LogP contribution in [0.3, 0.4) is 0 Å². The molecular formula is C26H24N2O6. The highest BCUT2D eigenvalue weighted by atomic mass is 16.6. The Morgan fingerprint density at radius 3 is 2.09 bits per heavy atom. The van der Waals surface area contributed by atoms with Crippen LogP contribution < -0.4 is 15.4 Å². The number of carbonyl (C=O) groups is 2. The van der Waals surface area contributed by atoms with E-state index in [1.165, 1.54) is 6.07 Å². The van der Waals surface area contributed by atoms with Gasteiger partial charge >= 0.3 is 0 Å². The number of benzene rings is 3. The summed E-state index contributed by atoms with van der Waals surface area (Å²) in [6.07, 6.45) is -0.782. The number of nitrogens with one attached hydrogen (secondary N) is 2. The number of fused-ring (bicyclic) bond motifs is 1. The molecule has 2 aliphatic heterocycles. The third kappa shape index (κ3) is 4.59. The summed E-state index contributed by atoms with van der Waals surface area (Å²) in [4.78, 5) is 25.5. The zero-order chi connectivity index (χ0) is 23.5. The fourth-order valence-electron chi connectivity index (χ4n) is 4.24. The van der Waals surface area contributed by atoms with E-state index in [0.717, 1.165) is 0 Å². The number of rotatable bonds is 6. The number of carbonyl (C=O) groups excluding carboxylic acids is 2. The lowest BCUT2D eigenvalue weighted by Crippen LogP contribution is -2.46. The number of aromatic hydroxyl groups is 1. The van der Waals surface area contributed by atoms with E-state index in [9.17, 15) is 14.7 Å². The van der Waals surface area contributed by atoms with Crippen molar-refractivity contribution in [1.82, 2.24) is 10.6 Å². The predicted octanol–water partition coefficient (Wildman–Crippen LogP) is 2.88. The van der Waals surface area contributed by atoms with Crippen LogP contribution in [0.15, 0.2) is 78.9 Å². The lowest BCUT2D eigenvalue weighted by molar-refractivity contribution is 0.0628. The summed E-state index contributed by atoms with van der Waals surface area (Å²) in [7, 11) is 0. The van der Waals surface area contributed by atoms with Crippen LogP contribution in [0.1, 0.15) is 20.7 Å². The van der Waals surface area contributed by atoms with Gasteiger partial charge in [0.1, 0.15) is 29.5 Å². The number of hydrogen-bond donors (Lipinski definition) is 3. The summed E-state index contributed by atoms with van der Waals surface area (Å²) < 4.78 is 17.6. The average molecular weight is 460 g/mol. The van der Waals surface area contributed by atoms with E-state index in [4.69, 9.17) is 14.2 Å². The zero-order valence-electron chi connectivity index (χ0n) is 18.2. The van der Waals surface area contributed by atoms with Crippen molar-refractivity contribution in [2.45, 2.75) is 24.3 Å². The Kier molecular flexibility index (Phi) is 6.16. The van der Waals surface area contributed by atoms with Crippen molar-refractivity contribution in [3.63, 3.8) is 0 Å². The first-order chi connectivity index (χ1) is 16.6. The summed E-state index contributed by atoms with van der Waals surface area (Å²) in [6.45, 7) is 0.520. The Morgan fingerprint density at radius 1 is 0.765 bits per heavy atom. The molecule has 0 aromatic heterocycles. The summed E-state index contributed by atoms with van der Waals surface area (Å²) in [6, 6.07) is 21.9. The van der Waals surface area contributed by atoms with E-state index in [-0.39, 0.29) is 48.6 Å². The molecule has 0 radical (unpaired) electrons. The van der Waals surface area contributed by atoms with Crippen LogP contribution in [0.2, 0.25) is 0 Å². The number of hydrogen-bond acceptors (Lipinski definition) is 6. The molecule has 8 heteroatoms. The molecule has 0 aliphatic carbocycles. The lowest BCUT2D eigenvalue weighted by Gasteiger charge is -2.19. The predicted molar refractivity (Wildman–Crippen MR) is 123 cm³/mol. The Hall–Kier alpha value is -3.88. The van der Waals surface area contributed by atoms with E-state index < -0.39 is 12.0 Å². The number of phenolic OH excluding ortho intramolecular Hbond substituents is 1. The van der Waals surface area contributed by atoms with E-state index in [0.29, 0.717) is 17.1 Å². The van der Waals surface area contributed by atoms with Gasteiger partial charge in [-0.05, 0) is 42.5 Å². The van der Waals surface area contributed by atoms with Crippen molar-refractivity contribution in [2.75, 3.05) is 13.2 Å². The second-order valence-electron chi connectivity index (χ2n) is 8.22. The summed E-state index contributed by atoms with van der Waals surface area (Å²) in [5.74, 6) is 0.481. The minimum Gasteiger partial charge on any atom is -0.507 e. The van der Waals surface area contributed by atoms with Crippen LogP contribution in [-0.4, -0.2) is 54.4 Å². The highest BCUT2D eigenvalue weighted by Crippen LogP contribution is 2.28. The van der Waals surface area contributed by atoms with Crippen LogP contribution in [0, 0.1) is 0 Å². The Balaban J connectivity index is 1.20. The molecule has 3 aromatic carbocycles. The zero-order valence-corrected chi connectivity index (χ0v) is 18.2. The molecule has 174 valence electrons. The monoisotopic (exact) mass is 460 g/mol. The van der Waals surface area contributed by atoms with Crippen molar-refractivity contribution in [3.8, 4) is 17.2 Å². The fourth-order valence-corrected chi connectivity index (χ4v) is 4.24. The van der Waals surface area contributed by atoms with Gasteiger partial charge in [0.15, 0.2) is 0 Å². The van der Waals surface area contributed by atoms with Crippen molar-refractivity contribution < 1.29 is 28.9 Å². The first kappa shape index (κ1) is 21.9. The summed E-state index contributed by atoms with van der Waals surface area (Å²) >= 11 is 0. The maximum atomic E-state index is 12.9. The molecular weight excluding hydrogens is 436 g/mol. The molecule has 2 saturated heterocycles. The number of phenols is 1. The van der Waals surface area contributed by atoms with Gasteiger partial charge in [0, 0.05) is 5.56 Å². The van der Waals surface area contributed by atoms with Gasteiger partial charge in [0.05, 0.1) is 30.9 Å². The number of para-hydroxylation sites is 2. The molecule has 2 heterocycles. The Bertz CT molecular complexity index is 1180. The first-order valence-corrected chi connectivity index (χ1v) is 11.0. The Morgan fingerprint density at radius 2 is 1.38 bits per heavy atom. The van der Waals surface area contributed by atoms with Crippen molar-refractivity contribution in [3.05, 3.63) is 90.0 Å². The van der Waals surface area contributed by atoms with Crippen LogP contribution >= 0.6 is 0 Å². The van der Waals surface area contributed by atoms with Crippen molar-refractivity contribution in [2.24, 2.45) is 0 Å². The molecule has 0 spiro atoms. The SMILES string of the molecule is O=C(NC1COC2C(NC(=O)c3ccccc3O)COC12)c1cccc(Oc2ccccc2)c1. The van der Waals surface area contributed by atoms with Crippen LogP contribution in [0.5, 0.6) is 17.2 Å². The summed E-state index contributed by atoms with van der Waals surface area (Å²) in [5.41, 5.74) is 0.644. The molecule has 2 amide bonds. The second kappa shape index (κ2) is 9.54. The largest absolute Gasteiger partial charge is 0.507 e. The van der Waals surface area contributed by atoms with Crippen LogP contribution in [0.4, 0.5) is 0 Å². The Labute approximate surface area is 196 Å². The van der Waals surface area contributed by atoms with Gasteiger partial charge in [-0.1, -0.05) is 36.4 Å². The molecule has 8 nitrogen and oxygen atoms in total. The fraction of sp³-hybridized carbons (Fsp3) is 0.231. The molecule has 34 heavy (non-hydrogen) atoms. The molecule has 5 rings (SSSR count). The first-order valence-electron chi connectivity index (χ1n) is 11.0. The van der Waals surface area contributed by atoms with Crippen molar-refractivity contribution >= 4 is 11.8 Å². The minimum atomic E-state index is -0.404. The third-order valence-electron chi connectivity index (χ3n) is 5.91. The number of ether oxygens (including phenoxy) is 3.